The number of rotatable bonds is 10. The second-order valence-corrected chi connectivity index (χ2v) is 7.13. The van der Waals surface area contributed by atoms with Crippen molar-refractivity contribution in [2.75, 3.05) is 13.7 Å². The van der Waals surface area contributed by atoms with Crippen LogP contribution < -0.4 is 10.6 Å². The lowest BCUT2D eigenvalue weighted by Gasteiger charge is -2.18. The number of hydrogen-bond acceptors (Lipinski definition) is 6. The number of benzene rings is 2. The molecule has 0 saturated carbocycles. The first-order chi connectivity index (χ1) is 14.9. The summed E-state index contributed by atoms with van der Waals surface area (Å²) < 4.78 is 9.81. The molecule has 0 aliphatic heterocycles. The molecule has 0 heterocycles. The minimum absolute atomic E-state index is 0.100. The van der Waals surface area contributed by atoms with Gasteiger partial charge >= 0.3 is 12.1 Å². The summed E-state index contributed by atoms with van der Waals surface area (Å²) in [6.45, 7) is 1.89. The largest absolute Gasteiger partial charge is 0.467 e. The molecule has 8 heteroatoms. The van der Waals surface area contributed by atoms with Gasteiger partial charge < -0.3 is 25.2 Å². The van der Waals surface area contributed by atoms with Crippen LogP contribution in [0.1, 0.15) is 23.1 Å². The van der Waals surface area contributed by atoms with Crippen LogP contribution in [0.4, 0.5) is 4.79 Å². The van der Waals surface area contributed by atoms with Gasteiger partial charge in [0.2, 0.25) is 5.91 Å². The Bertz CT molecular complexity index is 854. The number of carbonyl (C=O) groups excluding carboxylic acids is 3. The van der Waals surface area contributed by atoms with E-state index in [-0.39, 0.29) is 26.0 Å². The molecule has 0 radical (unpaired) electrons. The number of aryl methyl sites for hydroxylation is 1. The van der Waals surface area contributed by atoms with Crippen molar-refractivity contribution in [1.29, 1.82) is 0 Å². The van der Waals surface area contributed by atoms with Crippen molar-refractivity contribution in [3.8, 4) is 0 Å². The van der Waals surface area contributed by atoms with Crippen molar-refractivity contribution < 1.29 is 29.0 Å². The van der Waals surface area contributed by atoms with Crippen molar-refractivity contribution in [3.05, 3.63) is 71.3 Å². The van der Waals surface area contributed by atoms with Gasteiger partial charge in [0, 0.05) is 13.0 Å². The molecule has 3 N–H and O–H groups in total. The highest BCUT2D eigenvalue weighted by molar-refractivity contribution is 5.85. The molecule has 0 aliphatic rings. The molecule has 0 aromatic heterocycles. The molecule has 0 saturated heterocycles. The van der Waals surface area contributed by atoms with Crippen molar-refractivity contribution in [2.24, 2.45) is 0 Å². The first-order valence-corrected chi connectivity index (χ1v) is 9.92. The number of aliphatic hydroxyl groups is 1. The van der Waals surface area contributed by atoms with Crippen LogP contribution in [0.15, 0.2) is 54.6 Å². The number of nitrogens with one attached hydrogen (secondary N) is 2. The van der Waals surface area contributed by atoms with Crippen molar-refractivity contribution in [1.82, 2.24) is 10.6 Å². The van der Waals surface area contributed by atoms with E-state index in [9.17, 15) is 19.5 Å². The zero-order valence-electron chi connectivity index (χ0n) is 17.7. The highest BCUT2D eigenvalue weighted by Crippen LogP contribution is 2.08. The molecule has 8 nitrogen and oxygen atoms in total. The Morgan fingerprint density at radius 3 is 2.32 bits per heavy atom. The first-order valence-electron chi connectivity index (χ1n) is 9.92. The maximum absolute atomic E-state index is 12.3. The van der Waals surface area contributed by atoms with Crippen LogP contribution in [0.5, 0.6) is 0 Å². The lowest BCUT2D eigenvalue weighted by molar-refractivity contribution is -0.145. The lowest BCUT2D eigenvalue weighted by atomic mass is 10.0. The van der Waals surface area contributed by atoms with Crippen molar-refractivity contribution in [3.63, 3.8) is 0 Å². The normalized spacial score (nSPS) is 12.4. The van der Waals surface area contributed by atoms with E-state index in [1.54, 1.807) is 0 Å². The Labute approximate surface area is 181 Å². The van der Waals surface area contributed by atoms with Gasteiger partial charge in [0.15, 0.2) is 0 Å². The van der Waals surface area contributed by atoms with Crippen LogP contribution in [0.25, 0.3) is 0 Å². The van der Waals surface area contributed by atoms with Gasteiger partial charge in [0.05, 0.1) is 19.6 Å². The summed E-state index contributed by atoms with van der Waals surface area (Å²) in [4.78, 5) is 36.0. The third-order valence-corrected chi connectivity index (χ3v) is 4.50. The van der Waals surface area contributed by atoms with E-state index in [1.165, 1.54) is 7.11 Å². The van der Waals surface area contributed by atoms with Crippen LogP contribution in [0.3, 0.4) is 0 Å². The highest BCUT2D eigenvalue weighted by atomic mass is 16.5. The van der Waals surface area contributed by atoms with E-state index < -0.39 is 30.1 Å². The first kappa shape index (κ1) is 23.9. The summed E-state index contributed by atoms with van der Waals surface area (Å²) >= 11 is 0. The van der Waals surface area contributed by atoms with Crippen LogP contribution in [-0.4, -0.2) is 48.9 Å². The topological polar surface area (TPSA) is 114 Å². The SMILES string of the molecule is COC(=O)[C@@H](Cc1ccc(C)cc1)NC(=O)C[C@H](O)CNC(=O)OCc1ccccc1. The second kappa shape index (κ2) is 12.3. The van der Waals surface area contributed by atoms with E-state index in [2.05, 4.69) is 10.6 Å². The maximum Gasteiger partial charge on any atom is 0.407 e. The zero-order valence-corrected chi connectivity index (χ0v) is 17.7. The quantitative estimate of drug-likeness (QED) is 0.498. The van der Waals surface area contributed by atoms with Gasteiger partial charge in [-0.05, 0) is 18.1 Å². The predicted octanol–water partition coefficient (Wildman–Crippen LogP) is 1.87. The molecule has 31 heavy (non-hydrogen) atoms. The molecule has 0 aliphatic carbocycles. The molecule has 2 aromatic rings. The fourth-order valence-corrected chi connectivity index (χ4v) is 2.81. The van der Waals surface area contributed by atoms with Crippen LogP contribution in [0.2, 0.25) is 0 Å². The fraction of sp³-hybridized carbons (Fsp3) is 0.348. The number of esters is 1. The minimum Gasteiger partial charge on any atom is -0.467 e. The average Bonchev–Trinajstić information content (AvgIpc) is 2.77. The number of methoxy groups -OCH3 is 1. The van der Waals surface area contributed by atoms with E-state index in [4.69, 9.17) is 9.47 Å². The minimum atomic E-state index is -1.14. The van der Waals surface area contributed by atoms with Crippen LogP contribution >= 0.6 is 0 Å². The van der Waals surface area contributed by atoms with Crippen LogP contribution in [0, 0.1) is 6.92 Å². The predicted molar refractivity (Wildman–Crippen MR) is 114 cm³/mol. The maximum atomic E-state index is 12.3. The van der Waals surface area contributed by atoms with Gasteiger partial charge in [-0.2, -0.15) is 0 Å². The summed E-state index contributed by atoms with van der Waals surface area (Å²) in [5.41, 5.74) is 2.78. The Kier molecular flexibility index (Phi) is 9.51. The van der Waals surface area contributed by atoms with E-state index in [0.29, 0.717) is 0 Å². The molecular formula is C23H28N2O6. The van der Waals surface area contributed by atoms with Crippen LogP contribution in [-0.2, 0) is 32.1 Å². The molecule has 166 valence electrons. The molecule has 0 spiro atoms. The molecule has 0 fully saturated rings. The van der Waals surface area contributed by atoms with Gasteiger partial charge in [-0.15, -0.1) is 0 Å². The number of aliphatic hydroxyl groups excluding tert-OH is 1. The smallest absolute Gasteiger partial charge is 0.407 e. The van der Waals surface area contributed by atoms with Gasteiger partial charge in [-0.1, -0.05) is 60.2 Å². The van der Waals surface area contributed by atoms with E-state index in [0.717, 1.165) is 16.7 Å². The summed E-state index contributed by atoms with van der Waals surface area (Å²) in [5, 5.41) is 15.0. The van der Waals surface area contributed by atoms with E-state index in [1.807, 2.05) is 61.5 Å². The number of alkyl carbamates (subject to hydrolysis) is 1. The van der Waals surface area contributed by atoms with Gasteiger partial charge in [0.25, 0.3) is 0 Å². The van der Waals surface area contributed by atoms with Crippen molar-refractivity contribution in [2.45, 2.75) is 38.5 Å². The Balaban J connectivity index is 1.76. The standard InChI is InChI=1S/C23H28N2O6/c1-16-8-10-17(11-9-16)12-20(22(28)30-2)25-21(27)13-19(26)14-24-23(29)31-15-18-6-4-3-5-7-18/h3-11,19-20,26H,12-15H2,1-2H3,(H,24,29)(H,25,27)/t19-,20+/m0/s1. The summed E-state index contributed by atoms with van der Waals surface area (Å²) in [6, 6.07) is 15.9. The van der Waals surface area contributed by atoms with Crippen molar-refractivity contribution >= 4 is 18.0 Å². The molecule has 0 bridgehead atoms. The van der Waals surface area contributed by atoms with Gasteiger partial charge in [-0.3, -0.25) is 4.79 Å². The number of ether oxygens (including phenoxy) is 2. The number of hydrogen-bond donors (Lipinski definition) is 3. The third-order valence-electron chi connectivity index (χ3n) is 4.50. The Morgan fingerprint density at radius 1 is 1.00 bits per heavy atom. The lowest BCUT2D eigenvalue weighted by Crippen LogP contribution is -2.45. The molecular weight excluding hydrogens is 400 g/mol. The molecule has 2 rings (SSSR count). The fourth-order valence-electron chi connectivity index (χ4n) is 2.81. The summed E-state index contributed by atoms with van der Waals surface area (Å²) in [5.74, 6) is -1.11. The van der Waals surface area contributed by atoms with E-state index >= 15 is 0 Å². The Morgan fingerprint density at radius 2 is 1.68 bits per heavy atom. The highest BCUT2D eigenvalue weighted by Gasteiger charge is 2.23. The summed E-state index contributed by atoms with van der Waals surface area (Å²) in [6.07, 6.45) is -1.86. The zero-order chi connectivity index (χ0) is 22.6. The monoisotopic (exact) mass is 428 g/mol. The molecule has 2 amide bonds. The second-order valence-electron chi connectivity index (χ2n) is 7.13. The van der Waals surface area contributed by atoms with Gasteiger partial charge in [-0.25, -0.2) is 9.59 Å². The molecule has 2 aromatic carbocycles. The molecule has 0 unspecified atom stereocenters. The van der Waals surface area contributed by atoms with Gasteiger partial charge in [0.1, 0.15) is 12.6 Å². The average molecular weight is 428 g/mol. The number of amides is 2. The number of carbonyl (C=O) groups is 3. The molecule has 2 atom stereocenters. The Hall–Kier alpha value is -3.39. The third kappa shape index (κ3) is 8.88. The summed E-state index contributed by atoms with van der Waals surface area (Å²) in [7, 11) is 1.25.